The van der Waals surface area contributed by atoms with Crippen LogP contribution in [0.15, 0.2) is 54.6 Å². The summed E-state index contributed by atoms with van der Waals surface area (Å²) in [5, 5.41) is 0. The second-order valence-electron chi connectivity index (χ2n) is 8.19. The molecule has 0 saturated carbocycles. The number of Topliss-reactive ketones (excluding diaryl/α,β-unsaturated/α-hetero) is 1. The Morgan fingerprint density at radius 1 is 1.07 bits per heavy atom. The maximum absolute atomic E-state index is 12.8. The predicted octanol–water partition coefficient (Wildman–Crippen LogP) is 5.95. The van der Waals surface area contributed by atoms with E-state index in [4.69, 9.17) is 4.74 Å². The van der Waals surface area contributed by atoms with Crippen LogP contribution in [0.5, 0.6) is 5.75 Å². The fourth-order valence-corrected chi connectivity index (χ4v) is 4.64. The van der Waals surface area contributed by atoms with Crippen LogP contribution >= 0.6 is 34.4 Å². The van der Waals surface area contributed by atoms with Crippen LogP contribution in [0.2, 0.25) is 0 Å². The Hall–Kier alpha value is -1.08. The van der Waals surface area contributed by atoms with E-state index in [9.17, 15) is 4.79 Å². The topological polar surface area (TPSA) is 29.5 Å². The van der Waals surface area contributed by atoms with Gasteiger partial charge in [-0.05, 0) is 41.4 Å². The molecule has 0 aliphatic carbocycles. The van der Waals surface area contributed by atoms with Crippen molar-refractivity contribution in [3.63, 3.8) is 0 Å². The molecular weight excluding hydrogens is 418 g/mol. The molecule has 0 radical (unpaired) electrons. The first kappa shape index (κ1) is 24.2. The van der Waals surface area contributed by atoms with E-state index in [2.05, 4.69) is 33.6 Å². The van der Waals surface area contributed by atoms with Crippen molar-refractivity contribution in [2.75, 3.05) is 18.6 Å². The zero-order chi connectivity index (χ0) is 21.3. The van der Waals surface area contributed by atoms with Crippen LogP contribution in [0.25, 0.3) is 0 Å². The van der Waals surface area contributed by atoms with Crippen LogP contribution in [-0.4, -0.2) is 34.7 Å². The van der Waals surface area contributed by atoms with Gasteiger partial charge in [0.05, 0.1) is 11.8 Å². The Kier molecular flexibility index (Phi) is 9.96. The summed E-state index contributed by atoms with van der Waals surface area (Å²) in [6.07, 6.45) is 2.64. The van der Waals surface area contributed by atoms with E-state index in [1.54, 1.807) is 21.6 Å². The lowest BCUT2D eigenvalue weighted by Gasteiger charge is -2.31. The Bertz CT molecular complexity index is 745. The number of ketones is 1. The summed E-state index contributed by atoms with van der Waals surface area (Å²) in [6, 6.07) is 17.9. The van der Waals surface area contributed by atoms with Gasteiger partial charge in [-0.15, -0.1) is 0 Å². The van der Waals surface area contributed by atoms with Gasteiger partial charge in [-0.25, -0.2) is 4.31 Å². The van der Waals surface area contributed by atoms with Gasteiger partial charge in [0.15, 0.2) is 5.78 Å². The van der Waals surface area contributed by atoms with Gasteiger partial charge >= 0.3 is 0 Å². The van der Waals surface area contributed by atoms with Gasteiger partial charge in [0.25, 0.3) is 0 Å². The van der Waals surface area contributed by atoms with Crippen molar-refractivity contribution in [3.05, 3.63) is 65.7 Å². The van der Waals surface area contributed by atoms with Crippen LogP contribution in [0, 0.1) is 5.41 Å². The fraction of sp³-hybridized carbons (Fsp3) is 0.435. The third kappa shape index (κ3) is 9.08. The Balaban J connectivity index is 2.02. The number of ether oxygens (including phenoxy) is 1. The smallest absolute Gasteiger partial charge is 0.161 e. The van der Waals surface area contributed by atoms with E-state index in [0.717, 1.165) is 23.4 Å². The molecule has 0 unspecified atom stereocenters. The maximum Gasteiger partial charge on any atom is 0.161 e. The molecule has 0 fully saturated rings. The monoisotopic (exact) mass is 449 g/mol. The van der Waals surface area contributed by atoms with E-state index in [1.807, 2.05) is 65.2 Å². The van der Waals surface area contributed by atoms with Crippen molar-refractivity contribution in [2.24, 2.45) is 5.41 Å². The van der Waals surface area contributed by atoms with Gasteiger partial charge in [0, 0.05) is 6.54 Å². The highest BCUT2D eigenvalue weighted by atomic mass is 33.1. The van der Waals surface area contributed by atoms with Crippen molar-refractivity contribution in [1.82, 2.24) is 4.31 Å². The molecule has 0 aliphatic heterocycles. The highest BCUT2D eigenvalue weighted by Crippen LogP contribution is 2.24. The molecular formula is C23H31NO2S3. The summed E-state index contributed by atoms with van der Waals surface area (Å²) < 4.78 is 7.77. The number of benzene rings is 2. The summed E-state index contributed by atoms with van der Waals surface area (Å²) in [7, 11) is 3.20. The summed E-state index contributed by atoms with van der Waals surface area (Å²) >= 11 is 4.68. The van der Waals surface area contributed by atoms with Crippen molar-refractivity contribution >= 4 is 40.2 Å². The van der Waals surface area contributed by atoms with Crippen molar-refractivity contribution in [1.29, 1.82) is 0 Å². The number of nitrogens with zero attached hydrogens (tertiary/aromatic N) is 1. The average molecular weight is 450 g/mol. The summed E-state index contributed by atoms with van der Waals surface area (Å²) in [5.74, 6) is 1.54. The first-order valence-electron chi connectivity index (χ1n) is 9.68. The van der Waals surface area contributed by atoms with Crippen LogP contribution in [0.3, 0.4) is 0 Å². The third-order valence-electron chi connectivity index (χ3n) is 4.29. The summed E-state index contributed by atoms with van der Waals surface area (Å²) in [4.78, 5) is 12.8. The maximum atomic E-state index is 12.8. The van der Waals surface area contributed by atoms with E-state index in [1.165, 1.54) is 0 Å². The molecule has 0 aliphatic rings. The van der Waals surface area contributed by atoms with E-state index in [0.29, 0.717) is 18.8 Å². The Labute approximate surface area is 188 Å². The molecule has 3 nitrogen and oxygen atoms in total. The number of rotatable bonds is 11. The number of hydrogen-bond donors (Lipinski definition) is 1. The summed E-state index contributed by atoms with van der Waals surface area (Å²) in [6.45, 7) is 7.77. The van der Waals surface area contributed by atoms with Gasteiger partial charge in [0.2, 0.25) is 0 Å². The predicted molar refractivity (Wildman–Crippen MR) is 131 cm³/mol. The first-order valence-corrected chi connectivity index (χ1v) is 12.8. The van der Waals surface area contributed by atoms with E-state index in [-0.39, 0.29) is 17.2 Å². The second kappa shape index (κ2) is 11.9. The normalized spacial score (nSPS) is 12.8. The first-order chi connectivity index (χ1) is 13.8. The molecule has 1 atom stereocenters. The van der Waals surface area contributed by atoms with Gasteiger partial charge in [0.1, 0.15) is 12.4 Å². The molecule has 0 spiro atoms. The third-order valence-corrected chi connectivity index (χ3v) is 6.41. The Morgan fingerprint density at radius 3 is 2.31 bits per heavy atom. The average Bonchev–Trinajstić information content (AvgIpc) is 2.69. The molecule has 2 aromatic rings. The number of carbonyl (C=O) groups is 1. The van der Waals surface area contributed by atoms with E-state index >= 15 is 0 Å². The minimum atomic E-state index is -0.242. The van der Waals surface area contributed by atoms with Crippen LogP contribution in [0.4, 0.5) is 0 Å². The zero-order valence-corrected chi connectivity index (χ0v) is 20.2. The molecule has 2 aromatic carbocycles. The lowest BCUT2D eigenvalue weighted by Crippen LogP contribution is -2.41. The molecule has 0 N–H and O–H groups in total. The van der Waals surface area contributed by atoms with Crippen molar-refractivity contribution in [2.45, 2.75) is 39.8 Å². The lowest BCUT2D eigenvalue weighted by atomic mass is 9.95. The van der Waals surface area contributed by atoms with Crippen LogP contribution < -0.4 is 4.74 Å². The Morgan fingerprint density at radius 2 is 1.72 bits per heavy atom. The lowest BCUT2D eigenvalue weighted by molar-refractivity contribution is -0.120. The van der Waals surface area contributed by atoms with Gasteiger partial charge in [-0.2, -0.15) is 0 Å². The quantitative estimate of drug-likeness (QED) is 0.338. The standard InChI is InChI=1S/C23H31NO2S3/c1-23(2,3)17-24(27)21(22(25)16-29-28-4)14-18-10-12-20(13-11-18)26-15-19-8-6-5-7-9-19/h5-13,21,27H,14-17H2,1-4H3/t21-/m1/s1. The van der Waals surface area contributed by atoms with Gasteiger partial charge in [-0.3, -0.25) is 4.79 Å². The molecule has 0 heterocycles. The van der Waals surface area contributed by atoms with Crippen LogP contribution in [-0.2, 0) is 17.8 Å². The van der Waals surface area contributed by atoms with Gasteiger partial charge in [-0.1, -0.05) is 97.6 Å². The highest BCUT2D eigenvalue weighted by Gasteiger charge is 2.27. The summed E-state index contributed by atoms with van der Waals surface area (Å²) in [5.41, 5.74) is 2.32. The minimum absolute atomic E-state index is 0.0715. The van der Waals surface area contributed by atoms with Crippen molar-refractivity contribution in [3.8, 4) is 5.75 Å². The van der Waals surface area contributed by atoms with E-state index < -0.39 is 0 Å². The molecule has 0 saturated heterocycles. The zero-order valence-electron chi connectivity index (χ0n) is 17.6. The van der Waals surface area contributed by atoms with Crippen molar-refractivity contribution < 1.29 is 9.53 Å². The highest BCUT2D eigenvalue weighted by molar-refractivity contribution is 8.76. The molecule has 29 heavy (non-hydrogen) atoms. The minimum Gasteiger partial charge on any atom is -0.489 e. The fourth-order valence-electron chi connectivity index (χ4n) is 2.88. The number of carbonyl (C=O) groups excluding carboxylic acids is 1. The second-order valence-corrected chi connectivity index (χ2v) is 11.3. The molecule has 0 aromatic heterocycles. The molecule has 2 rings (SSSR count). The largest absolute Gasteiger partial charge is 0.489 e. The number of thiol groups is 1. The molecule has 158 valence electrons. The number of hydrogen-bond acceptors (Lipinski definition) is 6. The van der Waals surface area contributed by atoms with Gasteiger partial charge < -0.3 is 4.74 Å². The molecule has 6 heteroatoms. The van der Waals surface area contributed by atoms with Crippen LogP contribution in [0.1, 0.15) is 31.9 Å². The SMILES string of the molecule is CSSCC(=O)[C@@H](Cc1ccc(OCc2ccccc2)cc1)N(S)CC(C)(C)C. The molecule has 0 amide bonds. The molecule has 0 bridgehead atoms.